The Hall–Kier alpha value is -1.36. The summed E-state index contributed by atoms with van der Waals surface area (Å²) >= 11 is 0. The minimum atomic E-state index is 0.250. The Morgan fingerprint density at radius 3 is 2.90 bits per heavy atom. The van der Waals surface area contributed by atoms with Crippen LogP contribution in [0, 0.1) is 12.8 Å². The third-order valence-electron chi connectivity index (χ3n) is 4.07. The minimum Gasteiger partial charge on any atom is -0.396 e. The number of aliphatic hydroxyl groups excluding tert-OH is 1. The number of nitrogens with two attached hydrogens (primary N) is 1. The Morgan fingerprint density at radius 2 is 2.20 bits per heavy atom. The smallest absolute Gasteiger partial charge is 0.222 e. The number of aliphatic hydroxyl groups is 1. The molecule has 20 heavy (non-hydrogen) atoms. The highest BCUT2D eigenvalue weighted by molar-refractivity contribution is 5.52. The van der Waals surface area contributed by atoms with Gasteiger partial charge in [-0.2, -0.15) is 4.98 Å². The summed E-state index contributed by atoms with van der Waals surface area (Å²) < 4.78 is 0. The zero-order valence-electron chi connectivity index (χ0n) is 12.6. The van der Waals surface area contributed by atoms with E-state index in [1.54, 1.807) is 0 Å². The Morgan fingerprint density at radius 1 is 1.40 bits per heavy atom. The van der Waals surface area contributed by atoms with Crippen molar-refractivity contribution in [1.29, 1.82) is 0 Å². The van der Waals surface area contributed by atoms with Crippen LogP contribution in [-0.4, -0.2) is 34.8 Å². The molecule has 1 fully saturated rings. The second kappa shape index (κ2) is 6.88. The third kappa shape index (κ3) is 3.39. The molecule has 1 aliphatic heterocycles. The largest absolute Gasteiger partial charge is 0.396 e. The molecule has 1 aromatic heterocycles. The van der Waals surface area contributed by atoms with E-state index >= 15 is 0 Å². The van der Waals surface area contributed by atoms with Crippen LogP contribution in [0.2, 0.25) is 0 Å². The maximum Gasteiger partial charge on any atom is 0.222 e. The molecule has 2 rings (SSSR count). The standard InChI is InChI=1S/C15H26N4O/c1-3-4-7-13-11(2)17-15(16)18-14(13)19-8-5-6-12(9-19)10-20/h12,20H,3-10H2,1-2H3,(H2,16,17,18)/t12-/m0/s1. The molecule has 0 saturated carbocycles. The molecule has 0 amide bonds. The Labute approximate surface area is 121 Å². The van der Waals surface area contributed by atoms with E-state index in [1.807, 2.05) is 6.92 Å². The van der Waals surface area contributed by atoms with Crippen molar-refractivity contribution in [3.63, 3.8) is 0 Å². The highest BCUT2D eigenvalue weighted by Crippen LogP contribution is 2.27. The Balaban J connectivity index is 2.28. The quantitative estimate of drug-likeness (QED) is 0.860. The summed E-state index contributed by atoms with van der Waals surface area (Å²) in [6.45, 7) is 6.31. The van der Waals surface area contributed by atoms with Crippen molar-refractivity contribution in [1.82, 2.24) is 9.97 Å². The van der Waals surface area contributed by atoms with E-state index in [0.717, 1.165) is 56.7 Å². The molecule has 0 bridgehead atoms. The predicted octanol–water partition coefficient (Wildman–Crippen LogP) is 1.92. The van der Waals surface area contributed by atoms with Gasteiger partial charge in [-0.3, -0.25) is 0 Å². The van der Waals surface area contributed by atoms with Gasteiger partial charge >= 0.3 is 0 Å². The minimum absolute atomic E-state index is 0.250. The third-order valence-corrected chi connectivity index (χ3v) is 4.07. The zero-order chi connectivity index (χ0) is 14.5. The number of hydrogen-bond acceptors (Lipinski definition) is 5. The van der Waals surface area contributed by atoms with Gasteiger partial charge in [0.05, 0.1) is 0 Å². The van der Waals surface area contributed by atoms with E-state index in [4.69, 9.17) is 5.73 Å². The molecule has 112 valence electrons. The van der Waals surface area contributed by atoms with Crippen molar-refractivity contribution in [2.45, 2.75) is 46.0 Å². The zero-order valence-corrected chi connectivity index (χ0v) is 12.6. The maximum absolute atomic E-state index is 9.39. The van der Waals surface area contributed by atoms with Crippen molar-refractivity contribution in [3.05, 3.63) is 11.3 Å². The SMILES string of the molecule is CCCCc1c(C)nc(N)nc1N1CCC[C@H](CO)C1. The number of hydrogen-bond donors (Lipinski definition) is 2. The number of unbranched alkanes of at least 4 members (excludes halogenated alkanes) is 1. The van der Waals surface area contributed by atoms with Crippen LogP contribution in [-0.2, 0) is 6.42 Å². The van der Waals surface area contributed by atoms with Gasteiger partial charge < -0.3 is 15.7 Å². The molecule has 0 aromatic carbocycles. The van der Waals surface area contributed by atoms with Crippen LogP contribution >= 0.6 is 0 Å². The molecular weight excluding hydrogens is 252 g/mol. The Bertz CT molecular complexity index is 450. The highest BCUT2D eigenvalue weighted by Gasteiger charge is 2.23. The summed E-state index contributed by atoms with van der Waals surface area (Å²) in [4.78, 5) is 11.1. The van der Waals surface area contributed by atoms with Gasteiger partial charge in [0, 0.05) is 31.0 Å². The van der Waals surface area contributed by atoms with Gasteiger partial charge in [-0.05, 0) is 38.5 Å². The molecule has 5 nitrogen and oxygen atoms in total. The molecule has 0 radical (unpaired) electrons. The van der Waals surface area contributed by atoms with Crippen molar-refractivity contribution in [2.75, 3.05) is 30.3 Å². The highest BCUT2D eigenvalue weighted by atomic mass is 16.3. The van der Waals surface area contributed by atoms with Gasteiger partial charge in [-0.1, -0.05) is 13.3 Å². The molecule has 2 heterocycles. The second-order valence-corrected chi connectivity index (χ2v) is 5.71. The monoisotopic (exact) mass is 278 g/mol. The number of aryl methyl sites for hydroxylation is 1. The van der Waals surface area contributed by atoms with E-state index in [9.17, 15) is 5.11 Å². The summed E-state index contributed by atoms with van der Waals surface area (Å²) in [5, 5.41) is 9.39. The first kappa shape index (κ1) is 15.0. The van der Waals surface area contributed by atoms with Gasteiger partial charge in [0.2, 0.25) is 5.95 Å². The molecule has 1 aromatic rings. The number of rotatable bonds is 5. The van der Waals surface area contributed by atoms with Gasteiger partial charge in [-0.25, -0.2) is 4.98 Å². The molecule has 1 aliphatic rings. The van der Waals surface area contributed by atoms with Gasteiger partial charge in [0.1, 0.15) is 5.82 Å². The van der Waals surface area contributed by atoms with E-state index in [0.29, 0.717) is 11.9 Å². The van der Waals surface area contributed by atoms with Crippen LogP contribution in [0.5, 0.6) is 0 Å². The van der Waals surface area contributed by atoms with E-state index in [-0.39, 0.29) is 6.61 Å². The van der Waals surface area contributed by atoms with Crippen LogP contribution in [0.1, 0.15) is 43.9 Å². The summed E-state index contributed by atoms with van der Waals surface area (Å²) in [6, 6.07) is 0. The molecule has 0 unspecified atom stereocenters. The maximum atomic E-state index is 9.39. The average Bonchev–Trinajstić information content (AvgIpc) is 2.45. The normalized spacial score (nSPS) is 19.4. The molecular formula is C15H26N4O. The lowest BCUT2D eigenvalue weighted by molar-refractivity contribution is 0.208. The molecule has 1 atom stereocenters. The van der Waals surface area contributed by atoms with Crippen LogP contribution in [0.15, 0.2) is 0 Å². The van der Waals surface area contributed by atoms with Crippen LogP contribution in [0.25, 0.3) is 0 Å². The van der Waals surface area contributed by atoms with Gasteiger partial charge in [-0.15, -0.1) is 0 Å². The molecule has 3 N–H and O–H groups in total. The number of nitrogens with zero attached hydrogens (tertiary/aromatic N) is 3. The molecule has 0 spiro atoms. The fourth-order valence-electron chi connectivity index (χ4n) is 2.92. The van der Waals surface area contributed by atoms with E-state index in [2.05, 4.69) is 21.8 Å². The van der Waals surface area contributed by atoms with Gasteiger partial charge in [0.25, 0.3) is 0 Å². The van der Waals surface area contributed by atoms with Crippen LogP contribution in [0.4, 0.5) is 11.8 Å². The topological polar surface area (TPSA) is 75.3 Å². The van der Waals surface area contributed by atoms with Crippen LogP contribution < -0.4 is 10.6 Å². The van der Waals surface area contributed by atoms with Crippen molar-refractivity contribution in [2.24, 2.45) is 5.92 Å². The Kier molecular flexibility index (Phi) is 5.17. The summed E-state index contributed by atoms with van der Waals surface area (Å²) in [5.74, 6) is 1.68. The summed E-state index contributed by atoms with van der Waals surface area (Å²) in [5.41, 5.74) is 8.05. The number of anilines is 2. The molecule has 5 heteroatoms. The van der Waals surface area contributed by atoms with Crippen molar-refractivity contribution >= 4 is 11.8 Å². The predicted molar refractivity (Wildman–Crippen MR) is 81.8 cm³/mol. The lowest BCUT2D eigenvalue weighted by atomic mass is 9.98. The fraction of sp³-hybridized carbons (Fsp3) is 0.733. The first-order valence-electron chi connectivity index (χ1n) is 7.64. The molecule has 1 saturated heterocycles. The lowest BCUT2D eigenvalue weighted by Crippen LogP contribution is -2.38. The fourth-order valence-corrected chi connectivity index (χ4v) is 2.92. The summed E-state index contributed by atoms with van der Waals surface area (Å²) in [6.07, 6.45) is 5.48. The first-order chi connectivity index (χ1) is 9.65. The number of aromatic nitrogens is 2. The average molecular weight is 278 g/mol. The van der Waals surface area contributed by atoms with E-state index in [1.165, 1.54) is 5.56 Å². The van der Waals surface area contributed by atoms with Crippen molar-refractivity contribution in [3.8, 4) is 0 Å². The van der Waals surface area contributed by atoms with Crippen LogP contribution in [0.3, 0.4) is 0 Å². The van der Waals surface area contributed by atoms with E-state index < -0.39 is 0 Å². The van der Waals surface area contributed by atoms with Crippen molar-refractivity contribution < 1.29 is 5.11 Å². The summed E-state index contributed by atoms with van der Waals surface area (Å²) in [7, 11) is 0. The molecule has 0 aliphatic carbocycles. The number of nitrogen functional groups attached to an aromatic ring is 1. The van der Waals surface area contributed by atoms with Gasteiger partial charge in [0.15, 0.2) is 0 Å². The number of piperidine rings is 1. The first-order valence-corrected chi connectivity index (χ1v) is 7.64. The second-order valence-electron chi connectivity index (χ2n) is 5.71. The lowest BCUT2D eigenvalue weighted by Gasteiger charge is -2.34.